The quantitative estimate of drug-likeness (QED) is 0.322. The second kappa shape index (κ2) is 11.5. The molecule has 2 saturated heterocycles. The lowest BCUT2D eigenvalue weighted by atomic mass is 9.94. The molecule has 0 aromatic heterocycles. The van der Waals surface area contributed by atoms with Crippen LogP contribution in [0.25, 0.3) is 5.76 Å². The summed E-state index contributed by atoms with van der Waals surface area (Å²) in [5, 5.41) is 11.3. The van der Waals surface area contributed by atoms with Gasteiger partial charge < -0.3 is 29.0 Å². The Hall–Kier alpha value is -3.56. The third kappa shape index (κ3) is 5.17. The third-order valence-corrected chi connectivity index (χ3v) is 6.62. The smallest absolute Gasteiger partial charge is 0.295 e. The molecule has 0 saturated carbocycles. The number of aliphatic hydroxyl groups is 1. The molecule has 4 rings (SSSR count). The molecule has 0 radical (unpaired) electrons. The van der Waals surface area contributed by atoms with Crippen LogP contribution in [0.4, 0.5) is 0 Å². The van der Waals surface area contributed by atoms with Crippen LogP contribution in [0.3, 0.4) is 0 Å². The predicted octanol–water partition coefficient (Wildman–Crippen LogP) is 2.86. The SMILES string of the molecule is COc1ccc(/C(O)=C2\C(=O)C(=O)N(CCCN3CCOCC3)[C@H]2c2ccc(OC)cc2OC)cc1. The molecule has 192 valence electrons. The van der Waals surface area contributed by atoms with Crippen molar-refractivity contribution in [3.63, 3.8) is 0 Å². The molecule has 9 heteroatoms. The summed E-state index contributed by atoms with van der Waals surface area (Å²) in [6.07, 6.45) is 0.671. The molecule has 0 spiro atoms. The summed E-state index contributed by atoms with van der Waals surface area (Å²) in [5.74, 6) is 0.0422. The van der Waals surface area contributed by atoms with Crippen molar-refractivity contribution in [3.8, 4) is 17.2 Å². The standard InChI is InChI=1S/C27H32N2O7/c1-33-19-7-5-18(6-8-19)25(30)23-24(21-10-9-20(34-2)17-22(21)35-3)29(27(32)26(23)31)12-4-11-28-13-15-36-16-14-28/h5-10,17,24,30H,4,11-16H2,1-3H3/b25-23+/t24-/m0/s1. The number of nitrogens with zero attached hydrogens (tertiary/aromatic N) is 2. The maximum atomic E-state index is 13.3. The Morgan fingerprint density at radius 2 is 1.61 bits per heavy atom. The van der Waals surface area contributed by atoms with Crippen molar-refractivity contribution in [2.24, 2.45) is 0 Å². The zero-order chi connectivity index (χ0) is 25.7. The van der Waals surface area contributed by atoms with Gasteiger partial charge >= 0.3 is 0 Å². The van der Waals surface area contributed by atoms with E-state index in [1.54, 1.807) is 56.7 Å². The fourth-order valence-corrected chi connectivity index (χ4v) is 4.67. The van der Waals surface area contributed by atoms with Crippen molar-refractivity contribution >= 4 is 17.4 Å². The molecule has 1 amide bonds. The van der Waals surface area contributed by atoms with Gasteiger partial charge in [-0.25, -0.2) is 0 Å². The number of methoxy groups -OCH3 is 3. The number of ether oxygens (including phenoxy) is 4. The number of hydrogen-bond donors (Lipinski definition) is 1. The molecule has 0 unspecified atom stereocenters. The van der Waals surface area contributed by atoms with E-state index in [0.29, 0.717) is 54.6 Å². The fraction of sp³-hybridized carbons (Fsp3) is 0.407. The number of aliphatic hydroxyl groups excluding tert-OH is 1. The highest BCUT2D eigenvalue weighted by Crippen LogP contribution is 2.43. The normalized spacial score (nSPS) is 20.0. The Morgan fingerprint density at radius 3 is 2.25 bits per heavy atom. The van der Waals surface area contributed by atoms with Crippen LogP contribution in [0.1, 0.15) is 23.6 Å². The van der Waals surface area contributed by atoms with Crippen LogP contribution in [-0.2, 0) is 14.3 Å². The van der Waals surface area contributed by atoms with E-state index < -0.39 is 17.7 Å². The monoisotopic (exact) mass is 496 g/mol. The molecule has 2 aliphatic rings. The summed E-state index contributed by atoms with van der Waals surface area (Å²) < 4.78 is 21.5. The summed E-state index contributed by atoms with van der Waals surface area (Å²) >= 11 is 0. The Morgan fingerprint density at radius 1 is 0.944 bits per heavy atom. The summed E-state index contributed by atoms with van der Waals surface area (Å²) in [6, 6.07) is 11.1. The second-order valence-corrected chi connectivity index (χ2v) is 8.64. The Bertz CT molecular complexity index is 1120. The van der Waals surface area contributed by atoms with E-state index in [-0.39, 0.29) is 11.3 Å². The molecule has 9 nitrogen and oxygen atoms in total. The number of morpholine rings is 1. The van der Waals surface area contributed by atoms with E-state index in [0.717, 1.165) is 19.6 Å². The van der Waals surface area contributed by atoms with Gasteiger partial charge in [0.1, 0.15) is 23.0 Å². The van der Waals surface area contributed by atoms with Crippen molar-refractivity contribution in [1.29, 1.82) is 0 Å². The Balaban J connectivity index is 1.73. The van der Waals surface area contributed by atoms with Crippen molar-refractivity contribution in [1.82, 2.24) is 9.80 Å². The highest BCUT2D eigenvalue weighted by Gasteiger charge is 2.47. The van der Waals surface area contributed by atoms with Crippen LogP contribution in [0.15, 0.2) is 48.0 Å². The van der Waals surface area contributed by atoms with E-state index in [4.69, 9.17) is 18.9 Å². The maximum Gasteiger partial charge on any atom is 0.295 e. The minimum atomic E-state index is -0.808. The predicted molar refractivity (Wildman–Crippen MR) is 133 cm³/mol. The van der Waals surface area contributed by atoms with Gasteiger partial charge in [-0.1, -0.05) is 0 Å². The Labute approximate surface area is 210 Å². The van der Waals surface area contributed by atoms with E-state index in [1.165, 1.54) is 12.0 Å². The van der Waals surface area contributed by atoms with Gasteiger partial charge in [0, 0.05) is 43.4 Å². The first kappa shape index (κ1) is 25.5. The number of hydrogen-bond acceptors (Lipinski definition) is 8. The molecule has 2 aromatic rings. The summed E-state index contributed by atoms with van der Waals surface area (Å²) in [5.41, 5.74) is 1.04. The van der Waals surface area contributed by atoms with Gasteiger partial charge in [-0.05, 0) is 42.8 Å². The number of amides is 1. The van der Waals surface area contributed by atoms with Crippen molar-refractivity contribution in [2.75, 3.05) is 60.7 Å². The maximum absolute atomic E-state index is 13.3. The lowest BCUT2D eigenvalue weighted by molar-refractivity contribution is -0.140. The van der Waals surface area contributed by atoms with Crippen molar-refractivity contribution < 1.29 is 33.6 Å². The van der Waals surface area contributed by atoms with Gasteiger partial charge in [0.15, 0.2) is 0 Å². The van der Waals surface area contributed by atoms with Gasteiger partial charge in [-0.15, -0.1) is 0 Å². The van der Waals surface area contributed by atoms with Crippen molar-refractivity contribution in [2.45, 2.75) is 12.5 Å². The van der Waals surface area contributed by atoms with Crippen LogP contribution in [-0.4, -0.2) is 87.3 Å². The minimum absolute atomic E-state index is 0.0278. The van der Waals surface area contributed by atoms with Gasteiger partial charge in [-0.2, -0.15) is 0 Å². The molecule has 36 heavy (non-hydrogen) atoms. The fourth-order valence-electron chi connectivity index (χ4n) is 4.67. The van der Waals surface area contributed by atoms with E-state index >= 15 is 0 Å². The number of Topliss-reactive ketones (excluding diaryl/α,β-unsaturated/α-hetero) is 1. The molecule has 2 aliphatic heterocycles. The number of rotatable bonds is 9. The summed E-state index contributed by atoms with van der Waals surface area (Å²) in [4.78, 5) is 30.4. The molecule has 0 aliphatic carbocycles. The van der Waals surface area contributed by atoms with Gasteiger partial charge in [0.2, 0.25) is 0 Å². The molecule has 2 aromatic carbocycles. The molecular formula is C27H32N2O7. The highest BCUT2D eigenvalue weighted by atomic mass is 16.5. The topological polar surface area (TPSA) is 97.8 Å². The first-order chi connectivity index (χ1) is 17.5. The zero-order valence-electron chi connectivity index (χ0n) is 20.9. The lowest BCUT2D eigenvalue weighted by Crippen LogP contribution is -2.39. The highest BCUT2D eigenvalue weighted by molar-refractivity contribution is 6.46. The van der Waals surface area contributed by atoms with E-state index in [2.05, 4.69) is 4.90 Å². The molecule has 2 fully saturated rings. The van der Waals surface area contributed by atoms with Crippen LogP contribution >= 0.6 is 0 Å². The zero-order valence-corrected chi connectivity index (χ0v) is 20.9. The molecule has 2 heterocycles. The molecular weight excluding hydrogens is 464 g/mol. The molecule has 1 N–H and O–H groups in total. The van der Waals surface area contributed by atoms with Crippen LogP contribution in [0.2, 0.25) is 0 Å². The molecule has 1 atom stereocenters. The number of benzene rings is 2. The van der Waals surface area contributed by atoms with E-state index in [1.807, 2.05) is 0 Å². The summed E-state index contributed by atoms with van der Waals surface area (Å²) in [6.45, 7) is 4.18. The number of ketones is 1. The second-order valence-electron chi connectivity index (χ2n) is 8.64. The van der Waals surface area contributed by atoms with Gasteiger partial charge in [-0.3, -0.25) is 14.5 Å². The average Bonchev–Trinajstić information content (AvgIpc) is 3.17. The molecule has 0 bridgehead atoms. The number of carbonyl (C=O) groups is 2. The van der Waals surface area contributed by atoms with Gasteiger partial charge in [0.25, 0.3) is 11.7 Å². The minimum Gasteiger partial charge on any atom is -0.507 e. The average molecular weight is 497 g/mol. The van der Waals surface area contributed by atoms with E-state index in [9.17, 15) is 14.7 Å². The van der Waals surface area contributed by atoms with Gasteiger partial charge in [0.05, 0.1) is 46.2 Å². The first-order valence-electron chi connectivity index (χ1n) is 11.9. The number of carbonyl (C=O) groups excluding carboxylic acids is 2. The Kier molecular flexibility index (Phi) is 8.12. The number of likely N-dealkylation sites (tertiary alicyclic amines) is 1. The first-order valence-corrected chi connectivity index (χ1v) is 11.9. The lowest BCUT2D eigenvalue weighted by Gasteiger charge is -2.29. The summed E-state index contributed by atoms with van der Waals surface area (Å²) in [7, 11) is 4.62. The van der Waals surface area contributed by atoms with Crippen LogP contribution < -0.4 is 14.2 Å². The third-order valence-electron chi connectivity index (χ3n) is 6.62. The van der Waals surface area contributed by atoms with Crippen LogP contribution in [0, 0.1) is 0 Å². The van der Waals surface area contributed by atoms with Crippen molar-refractivity contribution in [3.05, 3.63) is 59.2 Å². The van der Waals surface area contributed by atoms with Crippen LogP contribution in [0.5, 0.6) is 17.2 Å². The largest absolute Gasteiger partial charge is 0.507 e.